The van der Waals surface area contributed by atoms with Crippen molar-refractivity contribution < 1.29 is 4.42 Å². The van der Waals surface area contributed by atoms with Gasteiger partial charge in [-0.25, -0.2) is 0 Å². The molecule has 1 atom stereocenters. The summed E-state index contributed by atoms with van der Waals surface area (Å²) in [7, 11) is 0. The fraction of sp³-hybridized carbons (Fsp3) is 0.200. The Labute approximate surface area is 93.4 Å². The molecule has 2 aromatic rings. The van der Waals surface area contributed by atoms with E-state index in [1.54, 1.807) is 0 Å². The molecule has 0 aliphatic rings. The molecule has 0 fully saturated rings. The maximum Gasteiger partial charge on any atom is 0.134 e. The molecule has 1 aromatic heterocycles. The highest BCUT2D eigenvalue weighted by atomic mass is 79.9. The second-order valence-corrected chi connectivity index (χ2v) is 5.24. The van der Waals surface area contributed by atoms with Gasteiger partial charge in [0.15, 0.2) is 0 Å². The van der Waals surface area contributed by atoms with Gasteiger partial charge in [0.1, 0.15) is 11.3 Å². The predicted octanol–water partition coefficient (Wildman–Crippen LogP) is 4.65. The number of halogens is 2. The van der Waals surface area contributed by atoms with Crippen molar-refractivity contribution >= 4 is 42.8 Å². The largest absolute Gasteiger partial charge is 0.460 e. The van der Waals surface area contributed by atoms with Crippen molar-refractivity contribution in [3.63, 3.8) is 0 Å². The van der Waals surface area contributed by atoms with Gasteiger partial charge in [0, 0.05) is 9.86 Å². The van der Waals surface area contributed by atoms with Crippen LogP contribution in [0.15, 0.2) is 33.2 Å². The molecule has 0 saturated heterocycles. The topological polar surface area (TPSA) is 13.1 Å². The Bertz CT molecular complexity index is 431. The first-order valence-electron chi connectivity index (χ1n) is 4.00. The molecule has 1 heterocycles. The van der Waals surface area contributed by atoms with E-state index in [0.29, 0.717) is 0 Å². The zero-order chi connectivity index (χ0) is 9.42. The maximum absolute atomic E-state index is 5.62. The van der Waals surface area contributed by atoms with Crippen molar-refractivity contribution in [3.05, 3.63) is 34.5 Å². The predicted molar refractivity (Wildman–Crippen MR) is 61.3 cm³/mol. The zero-order valence-electron chi connectivity index (χ0n) is 7.05. The number of hydrogen-bond donors (Lipinski definition) is 0. The maximum atomic E-state index is 5.62. The Morgan fingerprint density at radius 1 is 1.31 bits per heavy atom. The minimum Gasteiger partial charge on any atom is -0.460 e. The van der Waals surface area contributed by atoms with E-state index in [1.165, 1.54) is 0 Å². The van der Waals surface area contributed by atoms with E-state index in [-0.39, 0.29) is 4.83 Å². The average molecular weight is 304 g/mol. The fourth-order valence-corrected chi connectivity index (χ4v) is 1.84. The summed E-state index contributed by atoms with van der Waals surface area (Å²) < 4.78 is 6.70. The summed E-state index contributed by atoms with van der Waals surface area (Å²) in [6, 6.07) is 8.06. The summed E-state index contributed by atoms with van der Waals surface area (Å²) in [5.74, 6) is 0.966. The Morgan fingerprint density at radius 3 is 2.77 bits per heavy atom. The third kappa shape index (κ3) is 1.81. The second-order valence-electron chi connectivity index (χ2n) is 2.95. The van der Waals surface area contributed by atoms with Crippen LogP contribution in [0.3, 0.4) is 0 Å². The molecular weight excluding hydrogens is 296 g/mol. The molecule has 0 radical (unpaired) electrons. The molecule has 0 aliphatic heterocycles. The van der Waals surface area contributed by atoms with Crippen LogP contribution in [0.25, 0.3) is 11.0 Å². The van der Waals surface area contributed by atoms with Crippen LogP contribution in [0.4, 0.5) is 0 Å². The molecular formula is C10H8Br2O. The van der Waals surface area contributed by atoms with Crippen molar-refractivity contribution in [1.29, 1.82) is 0 Å². The molecule has 1 aromatic carbocycles. The lowest BCUT2D eigenvalue weighted by molar-refractivity contribution is 0.555. The van der Waals surface area contributed by atoms with Crippen molar-refractivity contribution in [1.82, 2.24) is 0 Å². The Morgan fingerprint density at radius 2 is 2.08 bits per heavy atom. The standard InChI is InChI=1S/C10H8Br2O/c1-6(11)10-5-7-4-8(12)2-3-9(7)13-10/h2-6H,1H3. The van der Waals surface area contributed by atoms with E-state index in [9.17, 15) is 0 Å². The Balaban J connectivity index is 2.62. The monoisotopic (exact) mass is 302 g/mol. The molecule has 0 N–H and O–H groups in total. The summed E-state index contributed by atoms with van der Waals surface area (Å²) >= 11 is 6.90. The Hall–Kier alpha value is -0.280. The SMILES string of the molecule is CC(Br)c1cc2cc(Br)ccc2o1. The molecule has 2 rings (SSSR count). The van der Waals surface area contributed by atoms with Gasteiger partial charge in [0.25, 0.3) is 0 Å². The van der Waals surface area contributed by atoms with Gasteiger partial charge in [0.2, 0.25) is 0 Å². The number of rotatable bonds is 1. The third-order valence-corrected chi connectivity index (χ3v) is 2.83. The summed E-state index contributed by atoms with van der Waals surface area (Å²) in [6.45, 7) is 2.05. The zero-order valence-corrected chi connectivity index (χ0v) is 10.2. The van der Waals surface area contributed by atoms with Crippen LogP contribution in [0, 0.1) is 0 Å². The molecule has 0 amide bonds. The van der Waals surface area contributed by atoms with Gasteiger partial charge in [-0.05, 0) is 31.2 Å². The van der Waals surface area contributed by atoms with Gasteiger partial charge in [-0.15, -0.1) is 0 Å². The molecule has 68 valence electrons. The summed E-state index contributed by atoms with van der Waals surface area (Å²) in [5, 5.41) is 1.13. The second kappa shape index (κ2) is 3.46. The van der Waals surface area contributed by atoms with E-state index in [2.05, 4.69) is 44.0 Å². The van der Waals surface area contributed by atoms with Crippen molar-refractivity contribution in [3.8, 4) is 0 Å². The molecule has 0 aliphatic carbocycles. The number of benzene rings is 1. The van der Waals surface area contributed by atoms with Gasteiger partial charge in [-0.1, -0.05) is 31.9 Å². The van der Waals surface area contributed by atoms with Crippen LogP contribution in [0.1, 0.15) is 17.5 Å². The fourth-order valence-electron chi connectivity index (χ4n) is 1.23. The normalized spacial score (nSPS) is 13.5. The number of hydrogen-bond acceptors (Lipinski definition) is 1. The minimum absolute atomic E-state index is 0.263. The molecule has 0 spiro atoms. The third-order valence-electron chi connectivity index (χ3n) is 1.89. The van der Waals surface area contributed by atoms with Crippen LogP contribution in [-0.2, 0) is 0 Å². The molecule has 13 heavy (non-hydrogen) atoms. The first-order valence-corrected chi connectivity index (χ1v) is 5.71. The lowest BCUT2D eigenvalue weighted by Crippen LogP contribution is -1.74. The average Bonchev–Trinajstić information content (AvgIpc) is 2.46. The number of fused-ring (bicyclic) bond motifs is 1. The van der Waals surface area contributed by atoms with E-state index in [1.807, 2.05) is 19.1 Å². The highest BCUT2D eigenvalue weighted by Gasteiger charge is 2.07. The van der Waals surface area contributed by atoms with Crippen molar-refractivity contribution in [2.45, 2.75) is 11.8 Å². The van der Waals surface area contributed by atoms with Gasteiger partial charge in [0.05, 0.1) is 4.83 Å². The van der Waals surface area contributed by atoms with Gasteiger partial charge in [-0.3, -0.25) is 0 Å². The summed E-state index contributed by atoms with van der Waals surface area (Å²) in [6.07, 6.45) is 0. The highest BCUT2D eigenvalue weighted by molar-refractivity contribution is 9.10. The first kappa shape index (κ1) is 9.28. The minimum atomic E-state index is 0.263. The van der Waals surface area contributed by atoms with Crippen LogP contribution in [0.5, 0.6) is 0 Å². The first-order chi connectivity index (χ1) is 6.16. The summed E-state index contributed by atoms with van der Waals surface area (Å²) in [4.78, 5) is 0.263. The Kier molecular flexibility index (Phi) is 2.47. The van der Waals surface area contributed by atoms with E-state index < -0.39 is 0 Å². The lowest BCUT2D eigenvalue weighted by Gasteiger charge is -1.93. The number of furan rings is 1. The molecule has 0 saturated carbocycles. The van der Waals surface area contributed by atoms with E-state index >= 15 is 0 Å². The van der Waals surface area contributed by atoms with Crippen LogP contribution in [0.2, 0.25) is 0 Å². The van der Waals surface area contributed by atoms with Gasteiger partial charge < -0.3 is 4.42 Å². The highest BCUT2D eigenvalue weighted by Crippen LogP contribution is 2.29. The van der Waals surface area contributed by atoms with Crippen molar-refractivity contribution in [2.75, 3.05) is 0 Å². The van der Waals surface area contributed by atoms with Gasteiger partial charge >= 0.3 is 0 Å². The van der Waals surface area contributed by atoms with E-state index in [0.717, 1.165) is 21.2 Å². The van der Waals surface area contributed by atoms with Crippen LogP contribution < -0.4 is 0 Å². The van der Waals surface area contributed by atoms with E-state index in [4.69, 9.17) is 4.42 Å². The van der Waals surface area contributed by atoms with Crippen LogP contribution >= 0.6 is 31.9 Å². The molecule has 3 heteroatoms. The van der Waals surface area contributed by atoms with Crippen LogP contribution in [-0.4, -0.2) is 0 Å². The van der Waals surface area contributed by atoms with Crippen molar-refractivity contribution in [2.24, 2.45) is 0 Å². The number of alkyl halides is 1. The molecule has 1 unspecified atom stereocenters. The lowest BCUT2D eigenvalue weighted by atomic mass is 10.2. The van der Waals surface area contributed by atoms with Gasteiger partial charge in [-0.2, -0.15) is 0 Å². The summed E-state index contributed by atoms with van der Waals surface area (Å²) in [5.41, 5.74) is 0.935. The quantitative estimate of drug-likeness (QED) is 0.699. The molecule has 0 bridgehead atoms. The smallest absolute Gasteiger partial charge is 0.134 e. The molecule has 1 nitrogen and oxygen atoms in total.